The van der Waals surface area contributed by atoms with Crippen LogP contribution in [0.5, 0.6) is 5.75 Å². The molecule has 0 unspecified atom stereocenters. The number of fused-ring (bicyclic) bond motifs is 4. The van der Waals surface area contributed by atoms with Gasteiger partial charge in [0.15, 0.2) is 5.72 Å². The zero-order valence-corrected chi connectivity index (χ0v) is 14.9. The molecule has 2 amide bonds. The van der Waals surface area contributed by atoms with E-state index in [1.807, 2.05) is 25.1 Å². The smallest absolute Gasteiger partial charge is 0.325 e. The molecule has 1 N–H and O–H groups in total. The van der Waals surface area contributed by atoms with E-state index < -0.39 is 11.7 Å². The molecular weight excluding hydrogens is 388 g/mol. The molecule has 1 fully saturated rings. The van der Waals surface area contributed by atoms with E-state index >= 15 is 0 Å². The van der Waals surface area contributed by atoms with Gasteiger partial charge in [0.1, 0.15) is 5.75 Å². The lowest BCUT2D eigenvalue weighted by Crippen LogP contribution is -2.65. The molecule has 0 aliphatic carbocycles. The predicted octanol–water partition coefficient (Wildman–Crippen LogP) is 2.58. The van der Waals surface area contributed by atoms with E-state index in [1.165, 1.54) is 17.0 Å². The van der Waals surface area contributed by atoms with Gasteiger partial charge in [-0.15, -0.1) is 0 Å². The standard InChI is InChI=1S/C18H15BrN2O4/c1-18-9-14(13-8-11(19)5-6-15(13)25-18)20-17(24)21(18)12-4-2-3-10(7-12)16(22)23/h2-8,14H,9H2,1H3,(H,20,24)(H,22,23)/p-1/t14-,18-/m0/s1. The number of halogens is 1. The molecule has 2 aromatic carbocycles. The highest BCUT2D eigenvalue weighted by Gasteiger charge is 2.49. The second-order valence-corrected chi connectivity index (χ2v) is 7.25. The molecule has 2 aromatic rings. The lowest BCUT2D eigenvalue weighted by Gasteiger charge is -2.50. The van der Waals surface area contributed by atoms with Gasteiger partial charge in [0, 0.05) is 16.5 Å². The van der Waals surface area contributed by atoms with Gasteiger partial charge in [0.05, 0.1) is 17.7 Å². The molecule has 0 spiro atoms. The summed E-state index contributed by atoms with van der Waals surface area (Å²) in [7, 11) is 0. The van der Waals surface area contributed by atoms with Crippen molar-refractivity contribution < 1.29 is 19.4 Å². The number of anilines is 1. The van der Waals surface area contributed by atoms with Gasteiger partial charge in [0.25, 0.3) is 0 Å². The Balaban J connectivity index is 1.79. The van der Waals surface area contributed by atoms with Crippen molar-refractivity contribution in [2.45, 2.75) is 25.1 Å². The van der Waals surface area contributed by atoms with E-state index in [-0.39, 0.29) is 17.6 Å². The number of benzene rings is 2. The van der Waals surface area contributed by atoms with E-state index in [0.29, 0.717) is 17.9 Å². The summed E-state index contributed by atoms with van der Waals surface area (Å²) in [5.41, 5.74) is 0.457. The minimum absolute atomic E-state index is 0.0103. The molecule has 2 aliphatic rings. The monoisotopic (exact) mass is 401 g/mol. The van der Waals surface area contributed by atoms with Gasteiger partial charge in [-0.3, -0.25) is 4.90 Å². The third-order valence-electron chi connectivity index (χ3n) is 4.57. The van der Waals surface area contributed by atoms with Crippen LogP contribution in [-0.2, 0) is 0 Å². The number of hydrogen-bond donors (Lipinski definition) is 1. The maximum absolute atomic E-state index is 12.7. The van der Waals surface area contributed by atoms with Crippen molar-refractivity contribution in [3.63, 3.8) is 0 Å². The Morgan fingerprint density at radius 1 is 1.36 bits per heavy atom. The third kappa shape index (κ3) is 2.55. The van der Waals surface area contributed by atoms with Gasteiger partial charge >= 0.3 is 6.03 Å². The first-order chi connectivity index (χ1) is 11.9. The molecule has 128 valence electrons. The fraction of sp³-hybridized carbons (Fsp3) is 0.222. The second kappa shape index (κ2) is 5.49. The topological polar surface area (TPSA) is 81.7 Å². The quantitative estimate of drug-likeness (QED) is 0.838. The van der Waals surface area contributed by atoms with Crippen molar-refractivity contribution in [3.05, 3.63) is 58.1 Å². The molecule has 2 bridgehead atoms. The summed E-state index contributed by atoms with van der Waals surface area (Å²) in [6, 6.07) is 11.3. The van der Waals surface area contributed by atoms with Gasteiger partial charge in [-0.25, -0.2) is 4.79 Å². The van der Waals surface area contributed by atoms with Crippen LogP contribution in [0.25, 0.3) is 0 Å². The Kier molecular flexibility index (Phi) is 3.50. The number of carboxylic acids is 1. The van der Waals surface area contributed by atoms with Gasteiger partial charge in [-0.1, -0.05) is 28.1 Å². The number of carbonyl (C=O) groups excluding carboxylic acids is 2. The fourth-order valence-corrected chi connectivity index (χ4v) is 3.89. The minimum atomic E-state index is -1.29. The number of amides is 2. The number of hydrogen-bond acceptors (Lipinski definition) is 4. The number of nitrogens with zero attached hydrogens (tertiary/aromatic N) is 1. The zero-order valence-electron chi connectivity index (χ0n) is 13.3. The summed E-state index contributed by atoms with van der Waals surface area (Å²) in [6.45, 7) is 1.83. The summed E-state index contributed by atoms with van der Waals surface area (Å²) < 4.78 is 7.08. The number of aromatic carboxylic acids is 1. The van der Waals surface area contributed by atoms with Gasteiger partial charge in [0.2, 0.25) is 0 Å². The van der Waals surface area contributed by atoms with Crippen molar-refractivity contribution in [2.24, 2.45) is 0 Å². The van der Waals surface area contributed by atoms with Crippen LogP contribution in [0, 0.1) is 0 Å². The first kappa shape index (κ1) is 16.0. The van der Waals surface area contributed by atoms with Gasteiger partial charge in [-0.2, -0.15) is 0 Å². The molecule has 2 aliphatic heterocycles. The zero-order chi connectivity index (χ0) is 17.8. The predicted molar refractivity (Wildman–Crippen MR) is 92.3 cm³/mol. The highest BCUT2D eigenvalue weighted by molar-refractivity contribution is 9.10. The largest absolute Gasteiger partial charge is 0.545 e. The average molecular weight is 402 g/mol. The summed E-state index contributed by atoms with van der Waals surface area (Å²) in [5.74, 6) is -0.593. The highest BCUT2D eigenvalue weighted by Crippen LogP contribution is 2.46. The number of urea groups is 1. The van der Waals surface area contributed by atoms with E-state index in [9.17, 15) is 14.7 Å². The Bertz CT molecular complexity index is 900. The number of carboxylic acid groups (broad SMARTS) is 1. The Morgan fingerprint density at radius 3 is 2.92 bits per heavy atom. The Hall–Kier alpha value is -2.54. The maximum Gasteiger partial charge on any atom is 0.325 e. The molecule has 0 saturated carbocycles. The molecule has 6 nitrogen and oxygen atoms in total. The van der Waals surface area contributed by atoms with Crippen molar-refractivity contribution in [1.82, 2.24) is 5.32 Å². The van der Waals surface area contributed by atoms with Crippen LogP contribution in [0.2, 0.25) is 0 Å². The molecule has 1 saturated heterocycles. The van der Waals surface area contributed by atoms with E-state index in [0.717, 1.165) is 10.0 Å². The second-order valence-electron chi connectivity index (χ2n) is 6.34. The molecule has 25 heavy (non-hydrogen) atoms. The van der Waals surface area contributed by atoms with Crippen molar-refractivity contribution >= 4 is 33.6 Å². The highest BCUT2D eigenvalue weighted by atomic mass is 79.9. The van der Waals surface area contributed by atoms with E-state index in [1.54, 1.807) is 12.1 Å². The minimum Gasteiger partial charge on any atom is -0.545 e. The van der Waals surface area contributed by atoms with Crippen LogP contribution in [-0.4, -0.2) is 17.7 Å². The molecule has 2 atom stereocenters. The van der Waals surface area contributed by atoms with E-state index in [2.05, 4.69) is 21.2 Å². The molecule has 4 rings (SSSR count). The fourth-order valence-electron chi connectivity index (χ4n) is 3.51. The number of rotatable bonds is 2. The van der Waals surface area contributed by atoms with E-state index in [4.69, 9.17) is 4.74 Å². The molecule has 7 heteroatoms. The number of ether oxygens (including phenoxy) is 1. The first-order valence-corrected chi connectivity index (χ1v) is 8.57. The normalized spacial score (nSPS) is 24.2. The first-order valence-electron chi connectivity index (χ1n) is 7.78. The SMILES string of the molecule is C[C@]12C[C@H](NC(=O)N1c1cccc(C(=O)[O-])c1)c1cc(Br)ccc1O2. The lowest BCUT2D eigenvalue weighted by molar-refractivity contribution is -0.255. The van der Waals surface area contributed by atoms with Crippen LogP contribution in [0.1, 0.15) is 35.3 Å². The number of carbonyl (C=O) groups is 2. The average Bonchev–Trinajstić information content (AvgIpc) is 2.55. The van der Waals surface area contributed by atoms with Crippen LogP contribution in [0.15, 0.2) is 46.9 Å². The van der Waals surface area contributed by atoms with Gasteiger partial charge in [-0.05, 0) is 42.8 Å². The molecule has 2 heterocycles. The summed E-state index contributed by atoms with van der Waals surface area (Å²) in [6.07, 6.45) is 0.539. The van der Waals surface area contributed by atoms with Crippen molar-refractivity contribution in [2.75, 3.05) is 4.90 Å². The van der Waals surface area contributed by atoms with Crippen molar-refractivity contribution in [3.8, 4) is 5.75 Å². The molecule has 0 aromatic heterocycles. The third-order valence-corrected chi connectivity index (χ3v) is 5.07. The van der Waals surface area contributed by atoms with Crippen LogP contribution in [0.4, 0.5) is 10.5 Å². The van der Waals surface area contributed by atoms with Crippen LogP contribution in [0.3, 0.4) is 0 Å². The Morgan fingerprint density at radius 2 is 2.16 bits per heavy atom. The van der Waals surface area contributed by atoms with Crippen LogP contribution >= 0.6 is 15.9 Å². The molecule has 0 radical (unpaired) electrons. The summed E-state index contributed by atoms with van der Waals surface area (Å²) in [5, 5.41) is 14.1. The van der Waals surface area contributed by atoms with Crippen LogP contribution < -0.4 is 20.1 Å². The number of nitrogens with one attached hydrogen (secondary N) is 1. The summed E-state index contributed by atoms with van der Waals surface area (Å²) >= 11 is 3.44. The molecular formula is C18H14BrN2O4-. The van der Waals surface area contributed by atoms with Gasteiger partial charge < -0.3 is 20.0 Å². The van der Waals surface area contributed by atoms with Crippen molar-refractivity contribution in [1.29, 1.82) is 0 Å². The Labute approximate surface area is 152 Å². The lowest BCUT2D eigenvalue weighted by atomic mass is 9.90. The summed E-state index contributed by atoms with van der Waals surface area (Å²) in [4.78, 5) is 25.3. The maximum atomic E-state index is 12.7.